The molecule has 2 rings (SSSR count). The summed E-state index contributed by atoms with van der Waals surface area (Å²) in [5.41, 5.74) is 8.79. The van der Waals surface area contributed by atoms with Crippen molar-refractivity contribution in [1.29, 1.82) is 0 Å². The molecule has 0 aliphatic rings. The Morgan fingerprint density at radius 1 is 1.38 bits per heavy atom. The van der Waals surface area contributed by atoms with E-state index in [0.717, 1.165) is 21.9 Å². The predicted octanol–water partition coefficient (Wildman–Crippen LogP) is 3.21. The number of rotatable bonds is 3. The van der Waals surface area contributed by atoms with Gasteiger partial charge in [-0.25, -0.2) is 4.98 Å². The third-order valence-corrected chi connectivity index (χ3v) is 3.26. The minimum absolute atomic E-state index is 0.209. The summed E-state index contributed by atoms with van der Waals surface area (Å²) in [6.45, 7) is 4.13. The van der Waals surface area contributed by atoms with E-state index in [-0.39, 0.29) is 6.04 Å². The third kappa shape index (κ3) is 2.52. The lowest BCUT2D eigenvalue weighted by Gasteiger charge is -2.13. The average molecular weight is 233 g/mol. The largest absolute Gasteiger partial charge is 0.399 e. The van der Waals surface area contributed by atoms with Crippen LogP contribution in [0.1, 0.15) is 23.5 Å². The topological polar surface area (TPSA) is 50.9 Å². The van der Waals surface area contributed by atoms with Crippen molar-refractivity contribution >= 4 is 22.7 Å². The van der Waals surface area contributed by atoms with Crippen molar-refractivity contribution in [2.75, 3.05) is 11.1 Å². The molecule has 1 unspecified atom stereocenters. The summed E-state index contributed by atoms with van der Waals surface area (Å²) < 4.78 is 0. The molecule has 0 bridgehead atoms. The monoisotopic (exact) mass is 233 g/mol. The van der Waals surface area contributed by atoms with Crippen molar-refractivity contribution in [2.45, 2.75) is 19.9 Å². The fourth-order valence-electron chi connectivity index (χ4n) is 1.66. The molecule has 0 spiro atoms. The van der Waals surface area contributed by atoms with Gasteiger partial charge in [-0.05, 0) is 37.6 Å². The summed E-state index contributed by atoms with van der Waals surface area (Å²) in [6, 6.07) is 6.19. The number of anilines is 2. The number of aromatic nitrogens is 1. The molecule has 1 aromatic carbocycles. The van der Waals surface area contributed by atoms with Crippen molar-refractivity contribution in [2.24, 2.45) is 0 Å². The van der Waals surface area contributed by atoms with Crippen molar-refractivity contribution in [1.82, 2.24) is 4.98 Å². The zero-order chi connectivity index (χ0) is 11.5. The average Bonchev–Trinajstić information content (AvgIpc) is 2.68. The lowest BCUT2D eigenvalue weighted by atomic mass is 10.2. The molecule has 1 heterocycles. The SMILES string of the molecule is Cc1cc(N)cc(NC(C)c2nccs2)c1. The highest BCUT2D eigenvalue weighted by Gasteiger charge is 2.07. The first-order valence-electron chi connectivity index (χ1n) is 5.18. The van der Waals surface area contributed by atoms with Crippen molar-refractivity contribution in [3.8, 4) is 0 Å². The molecule has 3 N–H and O–H groups in total. The summed E-state index contributed by atoms with van der Waals surface area (Å²) in [6.07, 6.45) is 1.82. The highest BCUT2D eigenvalue weighted by molar-refractivity contribution is 7.09. The van der Waals surface area contributed by atoms with Gasteiger partial charge in [0.2, 0.25) is 0 Å². The third-order valence-electron chi connectivity index (χ3n) is 2.30. The van der Waals surface area contributed by atoms with Gasteiger partial charge < -0.3 is 11.1 Å². The molecule has 0 aliphatic heterocycles. The quantitative estimate of drug-likeness (QED) is 0.800. The normalized spacial score (nSPS) is 12.4. The molecule has 0 fully saturated rings. The molecule has 1 atom stereocenters. The van der Waals surface area contributed by atoms with Crippen LogP contribution in [-0.2, 0) is 0 Å². The Labute approximate surface area is 99.3 Å². The second kappa shape index (κ2) is 4.53. The molecule has 2 aromatic rings. The van der Waals surface area contributed by atoms with Gasteiger partial charge in [0.1, 0.15) is 5.01 Å². The number of nitrogens with two attached hydrogens (primary N) is 1. The predicted molar refractivity (Wildman–Crippen MR) is 69.7 cm³/mol. The maximum atomic E-state index is 5.80. The fraction of sp³-hybridized carbons (Fsp3) is 0.250. The van der Waals surface area contributed by atoms with E-state index in [1.165, 1.54) is 0 Å². The van der Waals surface area contributed by atoms with Gasteiger partial charge in [-0.3, -0.25) is 0 Å². The molecule has 0 saturated heterocycles. The van der Waals surface area contributed by atoms with Crippen LogP contribution in [-0.4, -0.2) is 4.98 Å². The number of hydrogen-bond donors (Lipinski definition) is 2. The Bertz CT molecular complexity index is 445. The number of nitrogens with zero attached hydrogens (tertiary/aromatic N) is 1. The number of thiazole rings is 1. The molecule has 4 heteroatoms. The van der Waals surface area contributed by atoms with Gasteiger partial charge in [0.15, 0.2) is 0 Å². The van der Waals surface area contributed by atoms with Gasteiger partial charge in [-0.2, -0.15) is 0 Å². The summed E-state index contributed by atoms with van der Waals surface area (Å²) in [4.78, 5) is 4.28. The molecular weight excluding hydrogens is 218 g/mol. The summed E-state index contributed by atoms with van der Waals surface area (Å²) in [5.74, 6) is 0. The molecule has 0 radical (unpaired) electrons. The molecule has 16 heavy (non-hydrogen) atoms. The fourth-order valence-corrected chi connectivity index (χ4v) is 2.30. The van der Waals surface area contributed by atoms with E-state index in [1.807, 2.05) is 30.6 Å². The van der Waals surface area contributed by atoms with E-state index in [1.54, 1.807) is 11.3 Å². The van der Waals surface area contributed by atoms with Crippen LogP contribution in [0.25, 0.3) is 0 Å². The first-order chi connectivity index (χ1) is 7.65. The second-order valence-corrected chi connectivity index (χ2v) is 4.79. The van der Waals surface area contributed by atoms with Crippen LogP contribution in [0.2, 0.25) is 0 Å². The maximum Gasteiger partial charge on any atom is 0.115 e. The molecule has 0 saturated carbocycles. The molecule has 1 aromatic heterocycles. The van der Waals surface area contributed by atoms with Gasteiger partial charge in [0.05, 0.1) is 6.04 Å². The Morgan fingerprint density at radius 2 is 2.19 bits per heavy atom. The van der Waals surface area contributed by atoms with Crippen molar-refractivity contribution < 1.29 is 0 Å². The number of nitrogens with one attached hydrogen (secondary N) is 1. The van der Waals surface area contributed by atoms with Crippen LogP contribution in [0.5, 0.6) is 0 Å². The summed E-state index contributed by atoms with van der Waals surface area (Å²) in [5, 5.41) is 6.46. The summed E-state index contributed by atoms with van der Waals surface area (Å²) in [7, 11) is 0. The standard InChI is InChI=1S/C12H15N3S/c1-8-5-10(13)7-11(6-8)15-9(2)12-14-3-4-16-12/h3-7,9,15H,13H2,1-2H3. The number of nitrogen functional groups attached to an aromatic ring is 1. The molecular formula is C12H15N3S. The number of hydrogen-bond acceptors (Lipinski definition) is 4. The molecule has 0 amide bonds. The van der Waals surface area contributed by atoms with E-state index >= 15 is 0 Å². The van der Waals surface area contributed by atoms with Crippen LogP contribution in [0.3, 0.4) is 0 Å². The molecule has 84 valence electrons. The minimum Gasteiger partial charge on any atom is -0.399 e. The Kier molecular flexibility index (Phi) is 3.10. The highest BCUT2D eigenvalue weighted by atomic mass is 32.1. The lowest BCUT2D eigenvalue weighted by molar-refractivity contribution is 0.870. The van der Waals surface area contributed by atoms with Crippen LogP contribution in [0.15, 0.2) is 29.8 Å². The molecule has 3 nitrogen and oxygen atoms in total. The first kappa shape index (κ1) is 11.0. The van der Waals surface area contributed by atoms with Crippen LogP contribution >= 0.6 is 11.3 Å². The van der Waals surface area contributed by atoms with Crippen LogP contribution in [0.4, 0.5) is 11.4 Å². The van der Waals surface area contributed by atoms with E-state index in [4.69, 9.17) is 5.73 Å². The highest BCUT2D eigenvalue weighted by Crippen LogP contribution is 2.23. The number of benzene rings is 1. The van der Waals surface area contributed by atoms with Crippen molar-refractivity contribution in [3.05, 3.63) is 40.3 Å². The Hall–Kier alpha value is -1.55. The molecule has 0 aliphatic carbocycles. The van der Waals surface area contributed by atoms with Gasteiger partial charge in [0.25, 0.3) is 0 Å². The van der Waals surface area contributed by atoms with Crippen LogP contribution < -0.4 is 11.1 Å². The number of aryl methyl sites for hydroxylation is 1. The van der Waals surface area contributed by atoms with Crippen LogP contribution in [0, 0.1) is 6.92 Å². The van der Waals surface area contributed by atoms with E-state index < -0.39 is 0 Å². The summed E-state index contributed by atoms with van der Waals surface area (Å²) >= 11 is 1.65. The van der Waals surface area contributed by atoms with Gasteiger partial charge >= 0.3 is 0 Å². The van der Waals surface area contributed by atoms with Gasteiger partial charge in [-0.1, -0.05) is 0 Å². The zero-order valence-corrected chi connectivity index (χ0v) is 10.2. The smallest absolute Gasteiger partial charge is 0.115 e. The Balaban J connectivity index is 2.15. The van der Waals surface area contributed by atoms with E-state index in [2.05, 4.69) is 23.3 Å². The zero-order valence-electron chi connectivity index (χ0n) is 9.40. The van der Waals surface area contributed by atoms with Gasteiger partial charge in [-0.15, -0.1) is 11.3 Å². The lowest BCUT2D eigenvalue weighted by Crippen LogP contribution is -2.06. The van der Waals surface area contributed by atoms with Gasteiger partial charge in [0, 0.05) is 23.0 Å². The Morgan fingerprint density at radius 3 is 2.81 bits per heavy atom. The minimum atomic E-state index is 0.209. The van der Waals surface area contributed by atoms with E-state index in [9.17, 15) is 0 Å². The first-order valence-corrected chi connectivity index (χ1v) is 6.06. The maximum absolute atomic E-state index is 5.80. The second-order valence-electron chi connectivity index (χ2n) is 3.87. The van der Waals surface area contributed by atoms with E-state index in [0.29, 0.717) is 0 Å². The van der Waals surface area contributed by atoms with Crippen molar-refractivity contribution in [3.63, 3.8) is 0 Å².